The molecule has 1 atom stereocenters. The van der Waals surface area contributed by atoms with Gasteiger partial charge in [-0.05, 0) is 37.8 Å². The Morgan fingerprint density at radius 3 is 2.79 bits per heavy atom. The van der Waals surface area contributed by atoms with Gasteiger partial charge in [-0.25, -0.2) is 4.39 Å². The predicted octanol–water partition coefficient (Wildman–Crippen LogP) is 4.07. The molecule has 1 aliphatic rings. The van der Waals surface area contributed by atoms with Crippen LogP contribution in [0, 0.1) is 11.7 Å². The average molecular weight is 265 g/mol. The summed E-state index contributed by atoms with van der Waals surface area (Å²) < 4.78 is 19.2. The van der Waals surface area contributed by atoms with Crippen molar-refractivity contribution in [2.45, 2.75) is 45.1 Å². The number of ether oxygens (including phenoxy) is 1. The zero-order valence-electron chi connectivity index (χ0n) is 11.9. The number of nitrogens with one attached hydrogen (secondary N) is 1. The maximum absolute atomic E-state index is 14.1. The molecule has 1 saturated carbocycles. The summed E-state index contributed by atoms with van der Waals surface area (Å²) in [5.41, 5.74) is 0.773. The van der Waals surface area contributed by atoms with Crippen molar-refractivity contribution in [2.24, 2.45) is 5.92 Å². The number of halogens is 1. The Balaban J connectivity index is 2.05. The van der Waals surface area contributed by atoms with Crippen LogP contribution in [0.25, 0.3) is 0 Å². The SMILES string of the molecule is CCCNC(CCC1CC1)c1ccc(OC)cc1F. The van der Waals surface area contributed by atoms with Crippen molar-refractivity contribution in [2.75, 3.05) is 13.7 Å². The van der Waals surface area contributed by atoms with E-state index in [0.717, 1.165) is 30.9 Å². The molecule has 0 radical (unpaired) electrons. The van der Waals surface area contributed by atoms with Gasteiger partial charge in [0, 0.05) is 17.7 Å². The van der Waals surface area contributed by atoms with Crippen LogP contribution in [0.2, 0.25) is 0 Å². The first-order valence-corrected chi connectivity index (χ1v) is 7.31. The van der Waals surface area contributed by atoms with Crippen molar-refractivity contribution in [3.05, 3.63) is 29.6 Å². The first-order chi connectivity index (χ1) is 9.24. The van der Waals surface area contributed by atoms with Gasteiger partial charge in [-0.3, -0.25) is 0 Å². The molecule has 0 saturated heterocycles. The van der Waals surface area contributed by atoms with Crippen molar-refractivity contribution in [1.82, 2.24) is 5.32 Å². The maximum atomic E-state index is 14.1. The first-order valence-electron chi connectivity index (χ1n) is 7.31. The smallest absolute Gasteiger partial charge is 0.131 e. The normalized spacial score (nSPS) is 16.4. The van der Waals surface area contributed by atoms with E-state index in [1.165, 1.54) is 25.3 Å². The second-order valence-corrected chi connectivity index (χ2v) is 5.41. The van der Waals surface area contributed by atoms with Crippen molar-refractivity contribution in [3.8, 4) is 5.75 Å². The van der Waals surface area contributed by atoms with E-state index < -0.39 is 0 Å². The molecule has 2 nitrogen and oxygen atoms in total. The van der Waals surface area contributed by atoms with E-state index in [9.17, 15) is 4.39 Å². The molecule has 106 valence electrons. The Kier molecular flexibility index (Phi) is 5.20. The van der Waals surface area contributed by atoms with Gasteiger partial charge in [-0.2, -0.15) is 0 Å². The summed E-state index contributed by atoms with van der Waals surface area (Å²) in [7, 11) is 1.56. The fourth-order valence-electron chi connectivity index (χ4n) is 2.41. The van der Waals surface area contributed by atoms with Crippen molar-refractivity contribution in [3.63, 3.8) is 0 Å². The fourth-order valence-corrected chi connectivity index (χ4v) is 2.41. The average Bonchev–Trinajstić information content (AvgIpc) is 3.23. The minimum absolute atomic E-state index is 0.131. The van der Waals surface area contributed by atoms with Crippen LogP contribution in [0.3, 0.4) is 0 Å². The summed E-state index contributed by atoms with van der Waals surface area (Å²) in [5, 5.41) is 3.47. The molecule has 2 rings (SSSR count). The van der Waals surface area contributed by atoms with Crippen molar-refractivity contribution < 1.29 is 9.13 Å². The Bertz CT molecular complexity index is 404. The molecule has 1 unspecified atom stereocenters. The highest BCUT2D eigenvalue weighted by Gasteiger charge is 2.24. The van der Waals surface area contributed by atoms with Crippen LogP contribution < -0.4 is 10.1 Å². The molecule has 3 heteroatoms. The highest BCUT2D eigenvalue weighted by molar-refractivity contribution is 5.30. The lowest BCUT2D eigenvalue weighted by Crippen LogP contribution is -2.23. The van der Waals surface area contributed by atoms with Gasteiger partial charge in [-0.15, -0.1) is 0 Å². The highest BCUT2D eigenvalue weighted by Crippen LogP contribution is 2.36. The molecular formula is C16H24FNO. The molecule has 19 heavy (non-hydrogen) atoms. The quantitative estimate of drug-likeness (QED) is 0.765. The molecule has 0 bridgehead atoms. The molecule has 0 spiro atoms. The van der Waals surface area contributed by atoms with Crippen LogP contribution in [0.1, 0.15) is 50.6 Å². The van der Waals surface area contributed by atoms with Crippen LogP contribution in [0.5, 0.6) is 5.75 Å². The highest BCUT2D eigenvalue weighted by atomic mass is 19.1. The number of hydrogen-bond acceptors (Lipinski definition) is 2. The summed E-state index contributed by atoms with van der Waals surface area (Å²) in [6.45, 7) is 3.07. The number of methoxy groups -OCH3 is 1. The minimum Gasteiger partial charge on any atom is -0.497 e. The molecule has 1 aromatic rings. The van der Waals surface area contributed by atoms with Gasteiger partial charge in [0.2, 0.25) is 0 Å². The molecule has 0 heterocycles. The molecule has 1 fully saturated rings. The monoisotopic (exact) mass is 265 g/mol. The third-order valence-electron chi connectivity index (χ3n) is 3.78. The zero-order chi connectivity index (χ0) is 13.7. The van der Waals surface area contributed by atoms with E-state index in [4.69, 9.17) is 4.74 Å². The van der Waals surface area contributed by atoms with E-state index in [-0.39, 0.29) is 11.9 Å². The van der Waals surface area contributed by atoms with E-state index in [1.54, 1.807) is 7.11 Å². The number of rotatable bonds is 8. The molecule has 0 aromatic heterocycles. The van der Waals surface area contributed by atoms with E-state index in [1.807, 2.05) is 12.1 Å². The predicted molar refractivity (Wildman–Crippen MR) is 75.9 cm³/mol. The van der Waals surface area contributed by atoms with Crippen molar-refractivity contribution >= 4 is 0 Å². The Hall–Kier alpha value is -1.09. The van der Waals surface area contributed by atoms with Gasteiger partial charge in [0.25, 0.3) is 0 Å². The maximum Gasteiger partial charge on any atom is 0.131 e. The fraction of sp³-hybridized carbons (Fsp3) is 0.625. The van der Waals surface area contributed by atoms with Crippen LogP contribution in [-0.2, 0) is 0 Å². The second kappa shape index (κ2) is 6.90. The van der Waals surface area contributed by atoms with Crippen LogP contribution in [0.4, 0.5) is 4.39 Å². The largest absolute Gasteiger partial charge is 0.497 e. The number of benzene rings is 1. The lowest BCUT2D eigenvalue weighted by molar-refractivity contribution is 0.406. The Morgan fingerprint density at radius 2 is 2.21 bits per heavy atom. The zero-order valence-corrected chi connectivity index (χ0v) is 11.9. The summed E-state index contributed by atoms with van der Waals surface area (Å²) in [6, 6.07) is 5.31. The minimum atomic E-state index is -0.163. The summed E-state index contributed by atoms with van der Waals surface area (Å²) in [6.07, 6.45) is 6.00. The molecule has 0 amide bonds. The molecular weight excluding hydrogens is 241 g/mol. The second-order valence-electron chi connectivity index (χ2n) is 5.41. The topological polar surface area (TPSA) is 21.3 Å². The van der Waals surface area contributed by atoms with Gasteiger partial charge in [-0.1, -0.05) is 25.8 Å². The Morgan fingerprint density at radius 1 is 1.42 bits per heavy atom. The van der Waals surface area contributed by atoms with Gasteiger partial charge in [0.05, 0.1) is 7.11 Å². The van der Waals surface area contributed by atoms with Gasteiger partial charge in [0.15, 0.2) is 0 Å². The third-order valence-corrected chi connectivity index (χ3v) is 3.78. The molecule has 0 aliphatic heterocycles. The number of hydrogen-bond donors (Lipinski definition) is 1. The van der Waals surface area contributed by atoms with Crippen LogP contribution in [0.15, 0.2) is 18.2 Å². The van der Waals surface area contributed by atoms with Crippen LogP contribution >= 0.6 is 0 Å². The van der Waals surface area contributed by atoms with Gasteiger partial charge < -0.3 is 10.1 Å². The van der Waals surface area contributed by atoms with E-state index in [2.05, 4.69) is 12.2 Å². The van der Waals surface area contributed by atoms with Crippen molar-refractivity contribution in [1.29, 1.82) is 0 Å². The summed E-state index contributed by atoms with van der Waals surface area (Å²) >= 11 is 0. The van der Waals surface area contributed by atoms with Crippen LogP contribution in [-0.4, -0.2) is 13.7 Å². The first kappa shape index (κ1) is 14.3. The van der Waals surface area contributed by atoms with Gasteiger partial charge in [0.1, 0.15) is 11.6 Å². The molecule has 1 N–H and O–H groups in total. The van der Waals surface area contributed by atoms with Gasteiger partial charge >= 0.3 is 0 Å². The third kappa shape index (κ3) is 4.20. The summed E-state index contributed by atoms with van der Waals surface area (Å²) in [4.78, 5) is 0. The van der Waals surface area contributed by atoms with E-state index in [0.29, 0.717) is 5.75 Å². The lowest BCUT2D eigenvalue weighted by Gasteiger charge is -2.20. The standard InChI is InChI=1S/C16H24FNO/c1-3-10-18-16(9-6-12-4-5-12)14-8-7-13(19-2)11-15(14)17/h7-8,11-12,16,18H,3-6,9-10H2,1-2H3. The van der Waals surface area contributed by atoms with E-state index >= 15 is 0 Å². The Labute approximate surface area is 115 Å². The molecule has 1 aromatic carbocycles. The summed E-state index contributed by atoms with van der Waals surface area (Å²) in [5.74, 6) is 1.30. The lowest BCUT2D eigenvalue weighted by atomic mass is 9.99. The molecule has 1 aliphatic carbocycles.